The summed E-state index contributed by atoms with van der Waals surface area (Å²) < 4.78 is 70.7. The molecule has 0 aliphatic heterocycles. The first-order valence-corrected chi connectivity index (χ1v) is 4.98. The fraction of sp³-hybridized carbons (Fsp3) is 0.778. The normalized spacial score (nSPS) is 13.1. The molecule has 0 rings (SSSR count). The highest BCUT2D eigenvalue weighted by atomic mass is 19.4. The first-order chi connectivity index (χ1) is 8.46. The maximum atomic E-state index is 13.2. The average molecular weight is 294 g/mol. The van der Waals surface area contributed by atoms with Gasteiger partial charge < -0.3 is 14.6 Å². The summed E-state index contributed by atoms with van der Waals surface area (Å²) in [6.07, 6.45) is -6.35. The molecule has 0 unspecified atom stereocenters. The third-order valence-electron chi connectivity index (χ3n) is 1.95. The van der Waals surface area contributed by atoms with Crippen LogP contribution >= 0.6 is 0 Å². The molecular weight excluding hydrogens is 283 g/mol. The molecule has 0 amide bonds. The van der Waals surface area contributed by atoms with Crippen molar-refractivity contribution in [1.82, 2.24) is 0 Å². The van der Waals surface area contributed by atoms with Gasteiger partial charge in [0.2, 0.25) is 0 Å². The van der Waals surface area contributed by atoms with Gasteiger partial charge in [-0.2, -0.15) is 22.0 Å². The number of carbonyl (C=O) groups is 2. The molecule has 0 saturated heterocycles. The smallest absolute Gasteiger partial charge is 0.457 e. The highest BCUT2D eigenvalue weighted by Crippen LogP contribution is 2.44. The molecule has 0 aromatic carbocycles. The number of esters is 2. The molecule has 0 radical (unpaired) electrons. The van der Waals surface area contributed by atoms with Crippen molar-refractivity contribution in [1.29, 1.82) is 0 Å². The molecule has 0 aromatic rings. The number of halogens is 5. The number of hydrogen-bond acceptors (Lipinski definition) is 5. The van der Waals surface area contributed by atoms with E-state index in [9.17, 15) is 36.6 Å². The molecular formula is C9H11F5O5. The third kappa shape index (κ3) is 2.94. The van der Waals surface area contributed by atoms with Gasteiger partial charge in [-0.25, -0.2) is 9.59 Å². The van der Waals surface area contributed by atoms with Crippen LogP contribution in [-0.4, -0.2) is 48.0 Å². The summed E-state index contributed by atoms with van der Waals surface area (Å²) in [4.78, 5) is 22.2. The van der Waals surface area contributed by atoms with Gasteiger partial charge in [0, 0.05) is 0 Å². The Hall–Kier alpha value is -1.45. The van der Waals surface area contributed by atoms with Crippen LogP contribution in [0.3, 0.4) is 0 Å². The second-order valence-corrected chi connectivity index (χ2v) is 3.22. The average Bonchev–Trinajstić information content (AvgIpc) is 2.26. The van der Waals surface area contributed by atoms with E-state index in [0.29, 0.717) is 0 Å². The van der Waals surface area contributed by atoms with Gasteiger partial charge >= 0.3 is 29.6 Å². The van der Waals surface area contributed by atoms with Crippen molar-refractivity contribution in [2.75, 3.05) is 13.2 Å². The SMILES string of the molecule is CCOC(=O)C(O)(C(=O)OCC)C(F)(F)C(F)(F)F. The molecule has 0 fully saturated rings. The zero-order valence-electron chi connectivity index (χ0n) is 9.88. The van der Waals surface area contributed by atoms with Crippen molar-refractivity contribution in [3.63, 3.8) is 0 Å². The second-order valence-electron chi connectivity index (χ2n) is 3.22. The quantitative estimate of drug-likeness (QED) is 0.466. The molecule has 5 nitrogen and oxygen atoms in total. The predicted octanol–water partition coefficient (Wildman–Crippen LogP) is 1.04. The standard InChI is InChI=1S/C9H11F5O5/c1-3-18-5(15)7(17,6(16)19-4-2)8(10,11)9(12,13)14/h17H,3-4H2,1-2H3. The molecule has 0 aromatic heterocycles. The Labute approximate surface area is 104 Å². The topological polar surface area (TPSA) is 72.8 Å². The summed E-state index contributed by atoms with van der Waals surface area (Å²) in [6.45, 7) is 0.952. The predicted molar refractivity (Wildman–Crippen MR) is 49.2 cm³/mol. The Morgan fingerprint density at radius 2 is 1.26 bits per heavy atom. The van der Waals surface area contributed by atoms with Crippen LogP contribution in [0, 0.1) is 0 Å². The summed E-state index contributed by atoms with van der Waals surface area (Å²) in [6, 6.07) is 0. The van der Waals surface area contributed by atoms with Gasteiger partial charge in [0.1, 0.15) is 0 Å². The van der Waals surface area contributed by atoms with E-state index >= 15 is 0 Å². The number of carbonyl (C=O) groups excluding carboxylic acids is 2. The first kappa shape index (κ1) is 17.6. The second kappa shape index (κ2) is 5.68. The van der Waals surface area contributed by atoms with Gasteiger partial charge in [-0.1, -0.05) is 0 Å². The molecule has 0 heterocycles. The van der Waals surface area contributed by atoms with Crippen LogP contribution in [0.2, 0.25) is 0 Å². The fourth-order valence-electron chi connectivity index (χ4n) is 1.02. The molecule has 0 atom stereocenters. The Balaban J connectivity index is 5.77. The van der Waals surface area contributed by atoms with Crippen molar-refractivity contribution >= 4 is 11.9 Å². The molecule has 0 bridgehead atoms. The highest BCUT2D eigenvalue weighted by molar-refractivity contribution is 6.04. The minimum absolute atomic E-state index is 0.617. The van der Waals surface area contributed by atoms with E-state index in [4.69, 9.17) is 0 Å². The Morgan fingerprint density at radius 3 is 1.47 bits per heavy atom. The van der Waals surface area contributed by atoms with E-state index in [1.807, 2.05) is 0 Å². The molecule has 0 aliphatic rings. The Kier molecular flexibility index (Phi) is 5.24. The van der Waals surface area contributed by atoms with E-state index in [0.717, 1.165) is 13.8 Å². The lowest BCUT2D eigenvalue weighted by Gasteiger charge is -2.32. The van der Waals surface area contributed by atoms with Crippen LogP contribution in [0.1, 0.15) is 13.8 Å². The summed E-state index contributed by atoms with van der Waals surface area (Å²) in [5, 5.41) is 9.25. The van der Waals surface area contributed by atoms with E-state index in [1.165, 1.54) is 0 Å². The van der Waals surface area contributed by atoms with Crippen molar-refractivity contribution < 1.29 is 46.1 Å². The zero-order valence-corrected chi connectivity index (χ0v) is 9.88. The lowest BCUT2D eigenvalue weighted by Crippen LogP contribution is -2.66. The van der Waals surface area contributed by atoms with E-state index in [2.05, 4.69) is 9.47 Å². The van der Waals surface area contributed by atoms with E-state index in [1.54, 1.807) is 0 Å². The maximum absolute atomic E-state index is 13.2. The lowest BCUT2D eigenvalue weighted by atomic mass is 9.95. The lowest BCUT2D eigenvalue weighted by molar-refractivity contribution is -0.333. The Morgan fingerprint density at radius 1 is 0.947 bits per heavy atom. The molecule has 112 valence electrons. The van der Waals surface area contributed by atoms with E-state index in [-0.39, 0.29) is 0 Å². The van der Waals surface area contributed by atoms with Gasteiger partial charge in [-0.15, -0.1) is 0 Å². The number of aliphatic hydroxyl groups is 1. The van der Waals surface area contributed by atoms with Gasteiger partial charge in [0.25, 0.3) is 0 Å². The highest BCUT2D eigenvalue weighted by Gasteiger charge is 2.78. The number of hydrogen-bond donors (Lipinski definition) is 1. The third-order valence-corrected chi connectivity index (χ3v) is 1.95. The summed E-state index contributed by atoms with van der Waals surface area (Å²) in [5.74, 6) is -10.9. The number of alkyl halides is 5. The van der Waals surface area contributed by atoms with Gasteiger partial charge in [-0.3, -0.25) is 0 Å². The summed E-state index contributed by atoms with van der Waals surface area (Å²) >= 11 is 0. The molecule has 10 heteroatoms. The number of ether oxygens (including phenoxy) is 2. The number of rotatable bonds is 5. The molecule has 0 aliphatic carbocycles. The van der Waals surface area contributed by atoms with Gasteiger partial charge in [-0.05, 0) is 13.8 Å². The van der Waals surface area contributed by atoms with Crippen LogP contribution in [0.25, 0.3) is 0 Å². The first-order valence-electron chi connectivity index (χ1n) is 4.98. The molecule has 19 heavy (non-hydrogen) atoms. The largest absolute Gasteiger partial charge is 0.463 e. The fourth-order valence-corrected chi connectivity index (χ4v) is 1.02. The van der Waals surface area contributed by atoms with Crippen LogP contribution in [-0.2, 0) is 19.1 Å². The maximum Gasteiger partial charge on any atom is 0.457 e. The van der Waals surface area contributed by atoms with Gasteiger partial charge in [0.15, 0.2) is 0 Å². The molecule has 0 spiro atoms. The van der Waals surface area contributed by atoms with Crippen molar-refractivity contribution in [3.8, 4) is 0 Å². The van der Waals surface area contributed by atoms with Crippen molar-refractivity contribution in [3.05, 3.63) is 0 Å². The zero-order chi connectivity index (χ0) is 15.5. The molecule has 0 saturated carbocycles. The van der Waals surface area contributed by atoms with E-state index < -0.39 is 42.9 Å². The van der Waals surface area contributed by atoms with Gasteiger partial charge in [0.05, 0.1) is 13.2 Å². The summed E-state index contributed by atoms with van der Waals surface area (Å²) in [5.41, 5.74) is -4.78. The van der Waals surface area contributed by atoms with Crippen LogP contribution in [0.15, 0.2) is 0 Å². The van der Waals surface area contributed by atoms with Crippen molar-refractivity contribution in [2.45, 2.75) is 31.5 Å². The molecule has 1 N–H and O–H groups in total. The Bertz CT molecular complexity index is 333. The van der Waals surface area contributed by atoms with Crippen LogP contribution in [0.4, 0.5) is 22.0 Å². The minimum atomic E-state index is -6.35. The monoisotopic (exact) mass is 294 g/mol. The van der Waals surface area contributed by atoms with Crippen LogP contribution in [0.5, 0.6) is 0 Å². The summed E-state index contributed by atoms with van der Waals surface area (Å²) in [7, 11) is 0. The van der Waals surface area contributed by atoms with Crippen LogP contribution < -0.4 is 0 Å². The minimum Gasteiger partial charge on any atom is -0.463 e. The van der Waals surface area contributed by atoms with Crippen molar-refractivity contribution in [2.24, 2.45) is 0 Å².